The average molecular weight is 295 g/mol. The van der Waals surface area contributed by atoms with Gasteiger partial charge < -0.3 is 10.2 Å². The smallest absolute Gasteiger partial charge is 0.239 e. The molecule has 1 N–H and O–H groups in total. The van der Waals surface area contributed by atoms with Gasteiger partial charge in [0, 0.05) is 32.2 Å². The molecule has 2 fully saturated rings. The first-order valence-electron chi connectivity index (χ1n) is 8.93. The summed E-state index contributed by atoms with van der Waals surface area (Å²) < 4.78 is 0. The second kappa shape index (κ2) is 8.14. The van der Waals surface area contributed by atoms with Gasteiger partial charge in [-0.1, -0.05) is 20.3 Å². The highest BCUT2D eigenvalue weighted by atomic mass is 16.2. The Labute approximate surface area is 130 Å². The first kappa shape index (κ1) is 16.8. The summed E-state index contributed by atoms with van der Waals surface area (Å²) in [5.74, 6) is 1.03. The van der Waals surface area contributed by atoms with Crippen LogP contribution in [0.15, 0.2) is 0 Å². The number of likely N-dealkylation sites (tertiary alicyclic amines) is 2. The number of piperidine rings is 1. The first-order valence-corrected chi connectivity index (χ1v) is 8.93. The Morgan fingerprint density at radius 2 is 1.95 bits per heavy atom. The van der Waals surface area contributed by atoms with Crippen molar-refractivity contribution in [3.05, 3.63) is 0 Å². The van der Waals surface area contributed by atoms with Crippen molar-refractivity contribution in [1.82, 2.24) is 15.1 Å². The van der Waals surface area contributed by atoms with E-state index < -0.39 is 0 Å². The van der Waals surface area contributed by atoms with Crippen LogP contribution in [0.3, 0.4) is 0 Å². The van der Waals surface area contributed by atoms with E-state index in [2.05, 4.69) is 35.9 Å². The Bertz CT molecular complexity index is 328. The lowest BCUT2D eigenvalue weighted by molar-refractivity contribution is -0.136. The van der Waals surface area contributed by atoms with Crippen LogP contribution in [0, 0.1) is 5.92 Å². The monoisotopic (exact) mass is 295 g/mol. The number of carbonyl (C=O) groups excluding carboxylic acids is 1. The number of hydrogen-bond acceptors (Lipinski definition) is 3. The van der Waals surface area contributed by atoms with Crippen molar-refractivity contribution in [2.24, 2.45) is 5.92 Å². The Morgan fingerprint density at radius 3 is 2.57 bits per heavy atom. The summed E-state index contributed by atoms with van der Waals surface area (Å²) in [6.45, 7) is 11.8. The predicted octanol–water partition coefficient (Wildman–Crippen LogP) is 2.10. The van der Waals surface area contributed by atoms with E-state index in [1.54, 1.807) is 0 Å². The molecule has 1 amide bonds. The SMILES string of the molecule is CCCNC1CCN(C(C)C(=O)N2CCCC2)CC1CC. The highest BCUT2D eigenvalue weighted by molar-refractivity contribution is 5.81. The zero-order chi connectivity index (χ0) is 15.2. The third-order valence-electron chi connectivity index (χ3n) is 5.27. The molecule has 2 aliphatic heterocycles. The molecular formula is C17H33N3O. The minimum atomic E-state index is 0.0595. The summed E-state index contributed by atoms with van der Waals surface area (Å²) in [5.41, 5.74) is 0. The van der Waals surface area contributed by atoms with Gasteiger partial charge in [-0.2, -0.15) is 0 Å². The van der Waals surface area contributed by atoms with E-state index in [1.165, 1.54) is 32.1 Å². The highest BCUT2D eigenvalue weighted by Gasteiger charge is 2.34. The molecular weight excluding hydrogens is 262 g/mol. The van der Waals surface area contributed by atoms with Gasteiger partial charge in [0.15, 0.2) is 0 Å². The van der Waals surface area contributed by atoms with Crippen molar-refractivity contribution >= 4 is 5.91 Å². The van der Waals surface area contributed by atoms with Gasteiger partial charge in [0.1, 0.15) is 0 Å². The molecule has 2 aliphatic rings. The maximum atomic E-state index is 12.6. The summed E-state index contributed by atoms with van der Waals surface area (Å²) >= 11 is 0. The molecule has 4 heteroatoms. The fourth-order valence-electron chi connectivity index (χ4n) is 3.78. The van der Waals surface area contributed by atoms with E-state index in [0.29, 0.717) is 17.9 Å². The van der Waals surface area contributed by atoms with E-state index in [4.69, 9.17) is 0 Å². The van der Waals surface area contributed by atoms with Crippen molar-refractivity contribution in [3.8, 4) is 0 Å². The molecule has 0 radical (unpaired) electrons. The molecule has 2 rings (SSSR count). The van der Waals surface area contributed by atoms with Crippen LogP contribution in [0.2, 0.25) is 0 Å². The maximum Gasteiger partial charge on any atom is 0.239 e. The number of nitrogens with one attached hydrogen (secondary N) is 1. The standard InChI is InChI=1S/C17H33N3O/c1-4-9-18-16-8-12-20(13-15(16)5-2)14(3)17(21)19-10-6-7-11-19/h14-16,18H,4-13H2,1-3H3. The van der Waals surface area contributed by atoms with Crippen LogP contribution in [0.1, 0.15) is 52.9 Å². The lowest BCUT2D eigenvalue weighted by Crippen LogP contribution is -2.55. The minimum absolute atomic E-state index is 0.0595. The predicted molar refractivity (Wildman–Crippen MR) is 87.3 cm³/mol. The van der Waals surface area contributed by atoms with Gasteiger partial charge in [-0.3, -0.25) is 9.69 Å². The molecule has 21 heavy (non-hydrogen) atoms. The molecule has 0 aromatic carbocycles. The molecule has 4 nitrogen and oxygen atoms in total. The molecule has 0 bridgehead atoms. The van der Waals surface area contributed by atoms with Crippen molar-refractivity contribution < 1.29 is 4.79 Å². The third-order valence-corrected chi connectivity index (χ3v) is 5.27. The average Bonchev–Trinajstić information content (AvgIpc) is 3.05. The van der Waals surface area contributed by atoms with Crippen LogP contribution in [0.4, 0.5) is 0 Å². The molecule has 0 spiro atoms. The molecule has 0 aromatic rings. The fraction of sp³-hybridized carbons (Fsp3) is 0.941. The molecule has 3 unspecified atom stereocenters. The number of carbonyl (C=O) groups is 1. The van der Waals surface area contributed by atoms with E-state index in [0.717, 1.165) is 32.7 Å². The lowest BCUT2D eigenvalue weighted by Gasteiger charge is -2.41. The molecule has 3 atom stereocenters. The van der Waals surface area contributed by atoms with Crippen LogP contribution in [-0.2, 0) is 4.79 Å². The number of hydrogen-bond donors (Lipinski definition) is 1. The molecule has 122 valence electrons. The quantitative estimate of drug-likeness (QED) is 0.815. The fourth-order valence-corrected chi connectivity index (χ4v) is 3.78. The Hall–Kier alpha value is -0.610. The van der Waals surface area contributed by atoms with E-state index in [1.807, 2.05) is 0 Å². The Morgan fingerprint density at radius 1 is 1.24 bits per heavy atom. The Balaban J connectivity index is 1.88. The van der Waals surface area contributed by atoms with E-state index in [9.17, 15) is 4.79 Å². The van der Waals surface area contributed by atoms with E-state index >= 15 is 0 Å². The van der Waals surface area contributed by atoms with Crippen molar-refractivity contribution in [3.63, 3.8) is 0 Å². The van der Waals surface area contributed by atoms with E-state index in [-0.39, 0.29) is 6.04 Å². The molecule has 2 heterocycles. The second-order valence-electron chi connectivity index (χ2n) is 6.72. The van der Waals surface area contributed by atoms with Gasteiger partial charge in [0.2, 0.25) is 5.91 Å². The first-order chi connectivity index (χ1) is 10.2. The van der Waals surface area contributed by atoms with Crippen molar-refractivity contribution in [2.75, 3.05) is 32.7 Å². The van der Waals surface area contributed by atoms with Gasteiger partial charge in [-0.05, 0) is 45.1 Å². The number of amides is 1. The largest absolute Gasteiger partial charge is 0.341 e. The van der Waals surface area contributed by atoms with Crippen LogP contribution < -0.4 is 5.32 Å². The van der Waals surface area contributed by atoms with Crippen LogP contribution >= 0.6 is 0 Å². The van der Waals surface area contributed by atoms with Crippen molar-refractivity contribution in [1.29, 1.82) is 0 Å². The van der Waals surface area contributed by atoms with Gasteiger partial charge in [0.25, 0.3) is 0 Å². The van der Waals surface area contributed by atoms with Crippen molar-refractivity contribution in [2.45, 2.75) is 65.0 Å². The molecule has 0 aliphatic carbocycles. The van der Waals surface area contributed by atoms with Gasteiger partial charge >= 0.3 is 0 Å². The van der Waals surface area contributed by atoms with Crippen LogP contribution in [0.25, 0.3) is 0 Å². The topological polar surface area (TPSA) is 35.6 Å². The van der Waals surface area contributed by atoms with Gasteiger partial charge in [-0.15, -0.1) is 0 Å². The third kappa shape index (κ3) is 4.19. The summed E-state index contributed by atoms with van der Waals surface area (Å²) in [6.07, 6.45) is 5.93. The maximum absolute atomic E-state index is 12.6. The summed E-state index contributed by atoms with van der Waals surface area (Å²) in [4.78, 5) is 17.0. The highest BCUT2D eigenvalue weighted by Crippen LogP contribution is 2.23. The summed E-state index contributed by atoms with van der Waals surface area (Å²) in [7, 11) is 0. The zero-order valence-electron chi connectivity index (χ0n) is 14.1. The summed E-state index contributed by atoms with van der Waals surface area (Å²) in [5, 5.41) is 3.69. The number of nitrogens with zero attached hydrogens (tertiary/aromatic N) is 2. The number of rotatable bonds is 6. The minimum Gasteiger partial charge on any atom is -0.341 e. The Kier molecular flexibility index (Phi) is 6.49. The lowest BCUT2D eigenvalue weighted by atomic mass is 9.89. The molecule has 0 aromatic heterocycles. The molecule has 2 saturated heterocycles. The molecule has 0 saturated carbocycles. The van der Waals surface area contributed by atoms with Crippen LogP contribution in [-0.4, -0.2) is 60.5 Å². The van der Waals surface area contributed by atoms with Crippen LogP contribution in [0.5, 0.6) is 0 Å². The van der Waals surface area contributed by atoms with Gasteiger partial charge in [0.05, 0.1) is 6.04 Å². The summed E-state index contributed by atoms with van der Waals surface area (Å²) in [6, 6.07) is 0.699. The zero-order valence-corrected chi connectivity index (χ0v) is 14.1. The second-order valence-corrected chi connectivity index (χ2v) is 6.72. The van der Waals surface area contributed by atoms with Gasteiger partial charge in [-0.25, -0.2) is 0 Å². The normalized spacial score (nSPS) is 28.8.